The molecule has 0 radical (unpaired) electrons. The Hall–Kier alpha value is -1.51. The van der Waals surface area contributed by atoms with Gasteiger partial charge in [0, 0.05) is 19.2 Å². The van der Waals surface area contributed by atoms with Crippen molar-refractivity contribution < 1.29 is 13.2 Å². The van der Waals surface area contributed by atoms with Gasteiger partial charge in [0.05, 0.1) is 4.90 Å². The Morgan fingerprint density at radius 3 is 2.71 bits per heavy atom. The molecule has 1 heterocycles. The lowest BCUT2D eigenvalue weighted by Crippen LogP contribution is -2.45. The number of carbonyl (C=O) groups is 1. The minimum atomic E-state index is -3.81. The van der Waals surface area contributed by atoms with Crippen LogP contribution in [0.25, 0.3) is 0 Å². The van der Waals surface area contributed by atoms with Gasteiger partial charge in [0.1, 0.15) is 11.0 Å². The highest BCUT2D eigenvalue weighted by atomic mass is 32.2. The Morgan fingerprint density at radius 2 is 2.10 bits per heavy atom. The van der Waals surface area contributed by atoms with E-state index in [1.807, 2.05) is 0 Å². The average molecular weight is 327 g/mol. The van der Waals surface area contributed by atoms with E-state index < -0.39 is 16.1 Å². The maximum atomic E-state index is 12.8. The van der Waals surface area contributed by atoms with Gasteiger partial charge in [0.15, 0.2) is 0 Å². The zero-order valence-electron chi connectivity index (χ0n) is 11.6. The van der Waals surface area contributed by atoms with Crippen molar-refractivity contribution in [2.75, 3.05) is 13.6 Å². The highest BCUT2D eigenvalue weighted by molar-refractivity contribution is 7.89. The van der Waals surface area contributed by atoms with E-state index in [4.69, 9.17) is 18.0 Å². The topological polar surface area (TPSA) is 92.5 Å². The number of likely N-dealkylation sites (N-methyl/N-ethyl adjacent to an activating group) is 1. The van der Waals surface area contributed by atoms with E-state index in [0.29, 0.717) is 24.9 Å². The molecule has 0 spiro atoms. The molecule has 0 aromatic heterocycles. The largest absolute Gasteiger partial charge is 0.389 e. The fourth-order valence-electron chi connectivity index (χ4n) is 2.48. The van der Waals surface area contributed by atoms with Crippen molar-refractivity contribution in [2.45, 2.75) is 23.8 Å². The molecular formula is C13H17N3O3S2. The van der Waals surface area contributed by atoms with Crippen molar-refractivity contribution in [1.82, 2.24) is 9.62 Å². The van der Waals surface area contributed by atoms with Gasteiger partial charge in [-0.1, -0.05) is 30.4 Å². The number of nitrogens with one attached hydrogen (secondary N) is 1. The number of hydrogen-bond acceptors (Lipinski definition) is 4. The first kappa shape index (κ1) is 15.9. The van der Waals surface area contributed by atoms with Crippen LogP contribution in [0.3, 0.4) is 0 Å². The molecule has 114 valence electrons. The molecule has 1 aliphatic rings. The lowest BCUT2D eigenvalue weighted by atomic mass is 10.2. The molecule has 3 N–H and O–H groups in total. The number of amides is 1. The quantitative estimate of drug-likeness (QED) is 0.772. The second-order valence-electron chi connectivity index (χ2n) is 4.75. The molecule has 0 saturated carbocycles. The summed E-state index contributed by atoms with van der Waals surface area (Å²) in [6.45, 7) is 0.312. The minimum absolute atomic E-state index is 0.0184. The standard InChI is InChI=1S/C13H17N3O3S2/c1-15-13(17)10-6-4-8-16(10)21(18,19)11-7-3-2-5-9(11)12(14)20/h2-3,5,7,10H,4,6,8H2,1H3,(H2,14,20)(H,15,17). The summed E-state index contributed by atoms with van der Waals surface area (Å²) < 4.78 is 26.9. The molecule has 8 heteroatoms. The maximum absolute atomic E-state index is 12.8. The molecule has 1 aliphatic heterocycles. The van der Waals surface area contributed by atoms with Crippen LogP contribution in [0, 0.1) is 0 Å². The first-order valence-corrected chi connectivity index (χ1v) is 8.36. The van der Waals surface area contributed by atoms with Crippen LogP contribution in [0.5, 0.6) is 0 Å². The summed E-state index contributed by atoms with van der Waals surface area (Å²) in [5.74, 6) is -0.302. The molecular weight excluding hydrogens is 310 g/mol. The van der Waals surface area contributed by atoms with Crippen molar-refractivity contribution in [3.63, 3.8) is 0 Å². The summed E-state index contributed by atoms with van der Waals surface area (Å²) in [5, 5.41) is 2.50. The molecule has 0 bridgehead atoms. The Balaban J connectivity index is 2.48. The van der Waals surface area contributed by atoms with Crippen molar-refractivity contribution in [3.8, 4) is 0 Å². The Kier molecular flexibility index (Phi) is 4.60. The van der Waals surface area contributed by atoms with Crippen molar-refractivity contribution in [3.05, 3.63) is 29.8 Å². The summed E-state index contributed by atoms with van der Waals surface area (Å²) >= 11 is 4.91. The van der Waals surface area contributed by atoms with Gasteiger partial charge in [-0.2, -0.15) is 4.31 Å². The van der Waals surface area contributed by atoms with Crippen LogP contribution in [0.15, 0.2) is 29.2 Å². The molecule has 1 amide bonds. The molecule has 1 aromatic carbocycles. The Morgan fingerprint density at radius 1 is 1.43 bits per heavy atom. The number of hydrogen-bond donors (Lipinski definition) is 2. The van der Waals surface area contributed by atoms with Crippen molar-refractivity contribution in [1.29, 1.82) is 0 Å². The monoisotopic (exact) mass is 327 g/mol. The predicted octanol–water partition coefficient (Wildman–Crippen LogP) is 0.220. The SMILES string of the molecule is CNC(=O)C1CCCN1S(=O)(=O)c1ccccc1C(N)=S. The number of nitrogens with two attached hydrogens (primary N) is 1. The van der Waals surface area contributed by atoms with Gasteiger partial charge in [0.2, 0.25) is 15.9 Å². The molecule has 0 aliphatic carbocycles. The average Bonchev–Trinajstić information content (AvgIpc) is 2.96. The smallest absolute Gasteiger partial charge is 0.244 e. The van der Waals surface area contributed by atoms with E-state index in [0.717, 1.165) is 0 Å². The van der Waals surface area contributed by atoms with Gasteiger partial charge >= 0.3 is 0 Å². The maximum Gasteiger partial charge on any atom is 0.244 e. The van der Waals surface area contributed by atoms with Gasteiger partial charge < -0.3 is 11.1 Å². The van der Waals surface area contributed by atoms with Crippen molar-refractivity contribution >= 4 is 33.1 Å². The Bertz CT molecular complexity index is 673. The molecule has 1 atom stereocenters. The van der Waals surface area contributed by atoms with Gasteiger partial charge in [-0.15, -0.1) is 0 Å². The minimum Gasteiger partial charge on any atom is -0.389 e. The number of carbonyl (C=O) groups excluding carboxylic acids is 1. The van der Waals surface area contributed by atoms with E-state index in [2.05, 4.69) is 5.32 Å². The summed E-state index contributed by atoms with van der Waals surface area (Å²) in [5.41, 5.74) is 5.90. The van der Waals surface area contributed by atoms with Crippen LogP contribution >= 0.6 is 12.2 Å². The van der Waals surface area contributed by atoms with Crippen LogP contribution in [0.2, 0.25) is 0 Å². The van der Waals surface area contributed by atoms with E-state index in [9.17, 15) is 13.2 Å². The van der Waals surface area contributed by atoms with Crippen LogP contribution in [-0.4, -0.2) is 43.3 Å². The second-order valence-corrected chi connectivity index (χ2v) is 7.05. The van der Waals surface area contributed by atoms with E-state index in [1.165, 1.54) is 17.4 Å². The molecule has 6 nitrogen and oxygen atoms in total. The van der Waals surface area contributed by atoms with Gasteiger partial charge in [0.25, 0.3) is 0 Å². The van der Waals surface area contributed by atoms with Gasteiger partial charge in [-0.3, -0.25) is 4.79 Å². The molecule has 1 saturated heterocycles. The lowest BCUT2D eigenvalue weighted by Gasteiger charge is -2.23. The molecule has 21 heavy (non-hydrogen) atoms. The summed E-state index contributed by atoms with van der Waals surface area (Å²) in [6.07, 6.45) is 1.15. The number of thiocarbonyl (C=S) groups is 1. The number of sulfonamides is 1. The normalized spacial score (nSPS) is 19.4. The zero-order chi connectivity index (χ0) is 15.6. The summed E-state index contributed by atoms with van der Waals surface area (Å²) in [4.78, 5) is 11.9. The third-order valence-electron chi connectivity index (χ3n) is 3.49. The predicted molar refractivity (Wildman–Crippen MR) is 83.3 cm³/mol. The lowest BCUT2D eigenvalue weighted by molar-refractivity contribution is -0.123. The third-order valence-corrected chi connectivity index (χ3v) is 5.68. The highest BCUT2D eigenvalue weighted by Gasteiger charge is 2.39. The van der Waals surface area contributed by atoms with E-state index in [1.54, 1.807) is 18.2 Å². The first-order chi connectivity index (χ1) is 9.89. The summed E-state index contributed by atoms with van der Waals surface area (Å²) in [6, 6.07) is 5.63. The van der Waals surface area contributed by atoms with Crippen molar-refractivity contribution in [2.24, 2.45) is 5.73 Å². The Labute approximate surface area is 129 Å². The van der Waals surface area contributed by atoms with Gasteiger partial charge in [-0.25, -0.2) is 8.42 Å². The molecule has 2 rings (SSSR count). The zero-order valence-corrected chi connectivity index (χ0v) is 13.2. The summed E-state index contributed by atoms with van der Waals surface area (Å²) in [7, 11) is -2.32. The molecule has 1 unspecified atom stereocenters. The first-order valence-electron chi connectivity index (χ1n) is 6.52. The van der Waals surface area contributed by atoms with Crippen LogP contribution in [0.4, 0.5) is 0 Å². The van der Waals surface area contributed by atoms with Gasteiger partial charge in [-0.05, 0) is 18.9 Å². The number of benzene rings is 1. The van der Waals surface area contributed by atoms with E-state index >= 15 is 0 Å². The van der Waals surface area contributed by atoms with Crippen LogP contribution in [0.1, 0.15) is 18.4 Å². The molecule has 1 aromatic rings. The third kappa shape index (κ3) is 2.92. The number of rotatable bonds is 4. The highest BCUT2D eigenvalue weighted by Crippen LogP contribution is 2.28. The fraction of sp³-hybridized carbons (Fsp3) is 0.385. The fourth-order valence-corrected chi connectivity index (χ4v) is 4.59. The number of nitrogens with zero attached hydrogens (tertiary/aromatic N) is 1. The van der Waals surface area contributed by atoms with E-state index in [-0.39, 0.29) is 15.8 Å². The van der Waals surface area contributed by atoms with Crippen LogP contribution < -0.4 is 11.1 Å². The molecule has 1 fully saturated rings. The van der Waals surface area contributed by atoms with Crippen LogP contribution in [-0.2, 0) is 14.8 Å². The second kappa shape index (κ2) is 6.08.